The second-order valence-corrected chi connectivity index (χ2v) is 4.83. The first-order valence-electron chi connectivity index (χ1n) is 6.18. The van der Waals surface area contributed by atoms with Crippen LogP contribution in [0.5, 0.6) is 0 Å². The van der Waals surface area contributed by atoms with Crippen LogP contribution in [0, 0.1) is 0 Å². The van der Waals surface area contributed by atoms with Crippen LogP contribution in [0.2, 0.25) is 5.02 Å². The maximum atomic E-state index is 11.9. The van der Waals surface area contributed by atoms with Crippen molar-refractivity contribution in [3.63, 3.8) is 0 Å². The van der Waals surface area contributed by atoms with Gasteiger partial charge in [0.15, 0.2) is 5.69 Å². The van der Waals surface area contributed by atoms with Gasteiger partial charge in [-0.05, 0) is 18.1 Å². The van der Waals surface area contributed by atoms with Crippen LogP contribution >= 0.6 is 11.6 Å². The Kier molecular flexibility index (Phi) is 4.89. The highest BCUT2D eigenvalue weighted by Gasteiger charge is 2.19. The van der Waals surface area contributed by atoms with E-state index in [1.54, 1.807) is 24.3 Å². The number of amides is 1. The lowest BCUT2D eigenvalue weighted by Crippen LogP contribution is -2.38. The number of carboxylic acid groups (broad SMARTS) is 1. The molecule has 7 nitrogen and oxygen atoms in total. The van der Waals surface area contributed by atoms with Gasteiger partial charge in [0.25, 0.3) is 5.91 Å². The van der Waals surface area contributed by atoms with Crippen LogP contribution in [0.25, 0.3) is 0 Å². The summed E-state index contributed by atoms with van der Waals surface area (Å²) in [5, 5.41) is 21.6. The number of aromatic amines is 1. The van der Waals surface area contributed by atoms with Crippen LogP contribution in [0.1, 0.15) is 22.5 Å². The zero-order valence-corrected chi connectivity index (χ0v) is 11.7. The summed E-state index contributed by atoms with van der Waals surface area (Å²) in [6.07, 6.45) is 1.37. The Hall–Kier alpha value is -2.41. The molecule has 1 atom stereocenters. The molecule has 0 saturated carbocycles. The van der Waals surface area contributed by atoms with E-state index in [4.69, 9.17) is 16.7 Å². The van der Waals surface area contributed by atoms with Gasteiger partial charge in [0.1, 0.15) is 0 Å². The summed E-state index contributed by atoms with van der Waals surface area (Å²) in [6, 6.07) is 6.50. The fourth-order valence-corrected chi connectivity index (χ4v) is 2.10. The van der Waals surface area contributed by atoms with Crippen molar-refractivity contribution in [3.8, 4) is 0 Å². The molecule has 3 N–H and O–H groups in total. The lowest BCUT2D eigenvalue weighted by atomic mass is 10.0. The molecule has 0 fully saturated rings. The Morgan fingerprint density at radius 3 is 2.76 bits per heavy atom. The number of hydrogen-bond donors (Lipinski definition) is 3. The molecule has 2 aromatic rings. The first-order chi connectivity index (χ1) is 10.1. The minimum Gasteiger partial charge on any atom is -0.481 e. The van der Waals surface area contributed by atoms with Crippen LogP contribution in [-0.2, 0) is 11.2 Å². The zero-order chi connectivity index (χ0) is 15.2. The number of halogens is 1. The highest BCUT2D eigenvalue weighted by atomic mass is 35.5. The molecule has 0 radical (unpaired) electrons. The molecule has 110 valence electrons. The summed E-state index contributed by atoms with van der Waals surface area (Å²) >= 11 is 6.05. The van der Waals surface area contributed by atoms with Crippen LogP contribution in [-0.4, -0.2) is 38.4 Å². The van der Waals surface area contributed by atoms with Gasteiger partial charge in [0.2, 0.25) is 0 Å². The Labute approximate surface area is 125 Å². The number of rotatable bonds is 6. The Morgan fingerprint density at radius 2 is 2.14 bits per heavy atom. The van der Waals surface area contributed by atoms with E-state index in [0.717, 1.165) is 5.56 Å². The fourth-order valence-electron chi connectivity index (χ4n) is 1.88. The van der Waals surface area contributed by atoms with Crippen molar-refractivity contribution in [2.24, 2.45) is 0 Å². The SMILES string of the molecule is O=C(O)CC(Cc1ccccc1Cl)NC(=O)c1cn[nH]n1. The van der Waals surface area contributed by atoms with Crippen molar-refractivity contribution in [1.82, 2.24) is 20.7 Å². The summed E-state index contributed by atoms with van der Waals surface area (Å²) in [5.74, 6) is -1.49. The second-order valence-electron chi connectivity index (χ2n) is 4.42. The molecule has 8 heteroatoms. The molecule has 21 heavy (non-hydrogen) atoms. The minimum absolute atomic E-state index is 0.101. The van der Waals surface area contributed by atoms with Gasteiger partial charge >= 0.3 is 5.97 Å². The Morgan fingerprint density at radius 1 is 1.38 bits per heavy atom. The predicted molar refractivity (Wildman–Crippen MR) is 75.0 cm³/mol. The fraction of sp³-hybridized carbons (Fsp3) is 0.231. The van der Waals surface area contributed by atoms with Crippen LogP contribution < -0.4 is 5.32 Å². The van der Waals surface area contributed by atoms with E-state index in [2.05, 4.69) is 20.7 Å². The lowest BCUT2D eigenvalue weighted by Gasteiger charge is -2.17. The third-order valence-corrected chi connectivity index (χ3v) is 3.20. The lowest BCUT2D eigenvalue weighted by molar-refractivity contribution is -0.137. The van der Waals surface area contributed by atoms with E-state index in [0.29, 0.717) is 11.4 Å². The van der Waals surface area contributed by atoms with Crippen LogP contribution in [0.3, 0.4) is 0 Å². The van der Waals surface area contributed by atoms with Gasteiger partial charge in [-0.3, -0.25) is 9.59 Å². The average molecular weight is 309 g/mol. The number of H-pyrrole nitrogens is 1. The monoisotopic (exact) mass is 308 g/mol. The zero-order valence-electron chi connectivity index (χ0n) is 10.9. The van der Waals surface area contributed by atoms with Crippen LogP contribution in [0.4, 0.5) is 0 Å². The standard InChI is InChI=1S/C13H13ClN4O3/c14-10-4-2-1-3-8(10)5-9(6-12(19)20)16-13(21)11-7-15-18-17-11/h1-4,7,9H,5-6H2,(H,16,21)(H,19,20)(H,15,17,18). The maximum Gasteiger partial charge on any atom is 0.305 e. The maximum absolute atomic E-state index is 11.9. The molecular formula is C13H13ClN4O3. The van der Waals surface area contributed by atoms with Crippen molar-refractivity contribution in [3.05, 3.63) is 46.7 Å². The molecule has 1 unspecified atom stereocenters. The smallest absolute Gasteiger partial charge is 0.305 e. The number of carboxylic acids is 1. The Bertz CT molecular complexity index is 630. The molecule has 0 spiro atoms. The number of aromatic nitrogens is 3. The highest BCUT2D eigenvalue weighted by Crippen LogP contribution is 2.17. The number of nitrogens with one attached hydrogen (secondary N) is 2. The topological polar surface area (TPSA) is 108 Å². The van der Waals surface area contributed by atoms with Crippen molar-refractivity contribution < 1.29 is 14.7 Å². The molecule has 0 aliphatic heterocycles. The predicted octanol–water partition coefficient (Wildman–Crippen LogP) is 1.27. The van der Waals surface area contributed by atoms with Crippen molar-refractivity contribution >= 4 is 23.5 Å². The first-order valence-corrected chi connectivity index (χ1v) is 6.56. The van der Waals surface area contributed by atoms with E-state index < -0.39 is 17.9 Å². The van der Waals surface area contributed by atoms with Gasteiger partial charge in [0, 0.05) is 11.1 Å². The largest absolute Gasteiger partial charge is 0.481 e. The summed E-state index contributed by atoms with van der Waals surface area (Å²) in [5.41, 5.74) is 0.871. The van der Waals surface area contributed by atoms with Gasteiger partial charge < -0.3 is 10.4 Å². The first kappa shape index (κ1) is 15.0. The summed E-state index contributed by atoms with van der Waals surface area (Å²) in [6.45, 7) is 0. The van der Waals surface area contributed by atoms with Gasteiger partial charge in [-0.1, -0.05) is 29.8 Å². The van der Waals surface area contributed by atoms with Gasteiger partial charge in [-0.2, -0.15) is 15.4 Å². The summed E-state index contributed by atoms with van der Waals surface area (Å²) in [4.78, 5) is 22.8. The molecule has 1 aromatic heterocycles. The number of benzene rings is 1. The van der Waals surface area contributed by atoms with E-state index >= 15 is 0 Å². The van der Waals surface area contributed by atoms with Gasteiger partial charge in [-0.25, -0.2) is 0 Å². The average Bonchev–Trinajstić information content (AvgIpc) is 2.94. The third kappa shape index (κ3) is 4.28. The molecule has 0 saturated heterocycles. The van der Waals surface area contributed by atoms with Crippen molar-refractivity contribution in [1.29, 1.82) is 0 Å². The molecule has 1 heterocycles. The summed E-state index contributed by atoms with van der Waals surface area (Å²) < 4.78 is 0. The van der Waals surface area contributed by atoms with E-state index in [1.165, 1.54) is 6.20 Å². The van der Waals surface area contributed by atoms with Crippen molar-refractivity contribution in [2.45, 2.75) is 18.9 Å². The molecule has 0 aliphatic rings. The normalized spacial score (nSPS) is 11.9. The molecule has 1 amide bonds. The quantitative estimate of drug-likeness (QED) is 0.745. The second kappa shape index (κ2) is 6.85. The number of nitrogens with zero attached hydrogens (tertiary/aromatic N) is 2. The highest BCUT2D eigenvalue weighted by molar-refractivity contribution is 6.31. The summed E-state index contributed by atoms with van der Waals surface area (Å²) in [7, 11) is 0. The number of carbonyl (C=O) groups excluding carboxylic acids is 1. The minimum atomic E-state index is -1.01. The van der Waals surface area contributed by atoms with E-state index in [9.17, 15) is 9.59 Å². The Balaban J connectivity index is 2.09. The molecular weight excluding hydrogens is 296 g/mol. The third-order valence-electron chi connectivity index (χ3n) is 2.83. The van der Waals surface area contributed by atoms with Crippen LogP contribution in [0.15, 0.2) is 30.5 Å². The molecule has 2 rings (SSSR count). The number of carbonyl (C=O) groups is 2. The van der Waals surface area contributed by atoms with Crippen molar-refractivity contribution in [2.75, 3.05) is 0 Å². The molecule has 0 bridgehead atoms. The number of aliphatic carboxylic acids is 1. The van der Waals surface area contributed by atoms with Gasteiger partial charge in [-0.15, -0.1) is 0 Å². The van der Waals surface area contributed by atoms with Gasteiger partial charge in [0.05, 0.1) is 12.6 Å². The van der Waals surface area contributed by atoms with E-state index in [-0.39, 0.29) is 12.1 Å². The number of hydrogen-bond acceptors (Lipinski definition) is 4. The molecule has 0 aliphatic carbocycles. The molecule has 1 aromatic carbocycles. The van der Waals surface area contributed by atoms with E-state index in [1.807, 2.05) is 0 Å².